The van der Waals surface area contributed by atoms with Gasteiger partial charge in [-0.15, -0.1) is 0 Å². The van der Waals surface area contributed by atoms with E-state index in [-0.39, 0.29) is 6.04 Å². The van der Waals surface area contributed by atoms with E-state index in [4.69, 9.17) is 9.15 Å². The van der Waals surface area contributed by atoms with Crippen LogP contribution in [-0.2, 0) is 0 Å². The molecule has 3 rings (SSSR count). The van der Waals surface area contributed by atoms with Crippen molar-refractivity contribution in [1.82, 2.24) is 5.32 Å². The van der Waals surface area contributed by atoms with Crippen LogP contribution in [0, 0.1) is 0 Å². The van der Waals surface area contributed by atoms with E-state index in [1.807, 2.05) is 18.2 Å². The van der Waals surface area contributed by atoms with Crippen molar-refractivity contribution in [3.05, 3.63) is 66.1 Å². The lowest BCUT2D eigenvalue weighted by Crippen LogP contribution is -2.21. The van der Waals surface area contributed by atoms with Crippen LogP contribution in [0.5, 0.6) is 5.75 Å². The largest absolute Gasteiger partial charge is 0.496 e. The molecule has 0 bridgehead atoms. The molecule has 3 aromatic rings. The van der Waals surface area contributed by atoms with Crippen LogP contribution in [0.15, 0.2) is 59.4 Å². The van der Waals surface area contributed by atoms with E-state index in [0.717, 1.165) is 23.2 Å². The summed E-state index contributed by atoms with van der Waals surface area (Å²) in [4.78, 5) is 0. The second-order valence-corrected chi connectivity index (χ2v) is 4.95. The zero-order chi connectivity index (χ0) is 14.7. The van der Waals surface area contributed by atoms with Crippen molar-refractivity contribution in [3.63, 3.8) is 0 Å². The fourth-order valence-electron chi connectivity index (χ4n) is 2.78. The maximum Gasteiger partial charge on any atom is 0.126 e. The van der Waals surface area contributed by atoms with Gasteiger partial charge in [0.2, 0.25) is 0 Å². The van der Waals surface area contributed by atoms with Crippen molar-refractivity contribution in [1.29, 1.82) is 0 Å². The molecule has 0 aliphatic heterocycles. The molecule has 3 nitrogen and oxygen atoms in total. The van der Waals surface area contributed by atoms with Gasteiger partial charge in [-0.3, -0.25) is 0 Å². The van der Waals surface area contributed by atoms with Crippen LogP contribution in [-0.4, -0.2) is 13.7 Å². The maximum absolute atomic E-state index is 5.47. The molecule has 1 atom stereocenters. The normalized spacial score (nSPS) is 12.5. The van der Waals surface area contributed by atoms with E-state index in [1.165, 1.54) is 10.9 Å². The molecule has 0 spiro atoms. The number of hydrogen-bond donors (Lipinski definition) is 1. The SMILES string of the molecule is CCNC(c1ccoc1)c1ccc(OC)c2ccccc12. The monoisotopic (exact) mass is 281 g/mol. The number of fused-ring (bicyclic) bond motifs is 1. The van der Waals surface area contributed by atoms with Gasteiger partial charge in [-0.2, -0.15) is 0 Å². The average Bonchev–Trinajstić information content (AvgIpc) is 3.06. The summed E-state index contributed by atoms with van der Waals surface area (Å²) in [6, 6.07) is 14.6. The van der Waals surface area contributed by atoms with Crippen LogP contribution in [0.4, 0.5) is 0 Å². The highest BCUT2D eigenvalue weighted by molar-refractivity contribution is 5.91. The van der Waals surface area contributed by atoms with Crippen molar-refractivity contribution in [2.45, 2.75) is 13.0 Å². The molecule has 0 radical (unpaired) electrons. The summed E-state index contributed by atoms with van der Waals surface area (Å²) in [5, 5.41) is 5.86. The summed E-state index contributed by atoms with van der Waals surface area (Å²) in [5.74, 6) is 0.900. The van der Waals surface area contributed by atoms with Crippen molar-refractivity contribution < 1.29 is 9.15 Å². The highest BCUT2D eigenvalue weighted by Crippen LogP contribution is 2.34. The Hall–Kier alpha value is -2.26. The summed E-state index contributed by atoms with van der Waals surface area (Å²) >= 11 is 0. The van der Waals surface area contributed by atoms with Gasteiger partial charge in [0.05, 0.1) is 25.7 Å². The highest BCUT2D eigenvalue weighted by Gasteiger charge is 2.17. The van der Waals surface area contributed by atoms with Crippen molar-refractivity contribution >= 4 is 10.8 Å². The van der Waals surface area contributed by atoms with Gasteiger partial charge in [0.1, 0.15) is 5.75 Å². The highest BCUT2D eigenvalue weighted by atomic mass is 16.5. The predicted octanol–water partition coefficient (Wildman–Crippen LogP) is 4.14. The quantitative estimate of drug-likeness (QED) is 0.763. The van der Waals surface area contributed by atoms with Crippen molar-refractivity contribution in [2.24, 2.45) is 0 Å². The van der Waals surface area contributed by atoms with Crippen LogP contribution >= 0.6 is 0 Å². The molecule has 1 unspecified atom stereocenters. The minimum Gasteiger partial charge on any atom is -0.496 e. The van der Waals surface area contributed by atoms with Gasteiger partial charge in [-0.05, 0) is 29.6 Å². The maximum atomic E-state index is 5.47. The summed E-state index contributed by atoms with van der Waals surface area (Å²) in [6.07, 6.45) is 3.51. The third-order valence-corrected chi connectivity index (χ3v) is 3.73. The second-order valence-electron chi connectivity index (χ2n) is 4.95. The number of ether oxygens (including phenoxy) is 1. The molecule has 0 saturated carbocycles. The standard InChI is InChI=1S/C18H19NO2/c1-3-19-18(13-10-11-21-12-13)16-8-9-17(20-2)15-7-5-4-6-14(15)16/h4-12,18-19H,3H2,1-2H3. The van der Waals surface area contributed by atoms with Crippen LogP contribution in [0.3, 0.4) is 0 Å². The number of hydrogen-bond acceptors (Lipinski definition) is 3. The van der Waals surface area contributed by atoms with Gasteiger partial charge in [-0.1, -0.05) is 37.3 Å². The Morgan fingerprint density at radius 3 is 2.57 bits per heavy atom. The zero-order valence-electron chi connectivity index (χ0n) is 12.3. The lowest BCUT2D eigenvalue weighted by atomic mass is 9.94. The Kier molecular flexibility index (Phi) is 3.93. The van der Waals surface area contributed by atoms with Gasteiger partial charge < -0.3 is 14.5 Å². The molecular weight excluding hydrogens is 262 g/mol. The Bertz CT molecular complexity index is 719. The third kappa shape index (κ3) is 2.52. The molecule has 1 aromatic heterocycles. The van der Waals surface area contributed by atoms with Gasteiger partial charge in [0.25, 0.3) is 0 Å². The van der Waals surface area contributed by atoms with E-state index < -0.39 is 0 Å². The Morgan fingerprint density at radius 1 is 1.10 bits per heavy atom. The van der Waals surface area contributed by atoms with E-state index in [9.17, 15) is 0 Å². The fraction of sp³-hybridized carbons (Fsp3) is 0.222. The zero-order valence-corrected chi connectivity index (χ0v) is 12.3. The molecule has 0 amide bonds. The second kappa shape index (κ2) is 6.02. The van der Waals surface area contributed by atoms with Gasteiger partial charge in [0, 0.05) is 10.9 Å². The molecule has 1 heterocycles. The summed E-state index contributed by atoms with van der Waals surface area (Å²) in [5.41, 5.74) is 2.36. The van der Waals surface area contributed by atoms with E-state index in [2.05, 4.69) is 36.5 Å². The number of furan rings is 1. The summed E-state index contributed by atoms with van der Waals surface area (Å²) in [7, 11) is 1.71. The molecule has 1 N–H and O–H groups in total. The lowest BCUT2D eigenvalue weighted by molar-refractivity contribution is 0.419. The number of rotatable bonds is 5. The number of methoxy groups -OCH3 is 1. The smallest absolute Gasteiger partial charge is 0.126 e. The first-order valence-electron chi connectivity index (χ1n) is 7.16. The summed E-state index contributed by atoms with van der Waals surface area (Å²) < 4.78 is 10.7. The average molecular weight is 281 g/mol. The molecule has 21 heavy (non-hydrogen) atoms. The Balaban J connectivity index is 2.18. The van der Waals surface area contributed by atoms with Crippen molar-refractivity contribution in [3.8, 4) is 5.75 Å². The first-order valence-corrected chi connectivity index (χ1v) is 7.16. The fourth-order valence-corrected chi connectivity index (χ4v) is 2.78. The summed E-state index contributed by atoms with van der Waals surface area (Å²) in [6.45, 7) is 3.00. The van der Waals surface area contributed by atoms with Gasteiger partial charge in [0.15, 0.2) is 0 Å². The molecule has 0 saturated heterocycles. The Labute approximate surface area is 124 Å². The topological polar surface area (TPSA) is 34.4 Å². The Morgan fingerprint density at radius 2 is 1.90 bits per heavy atom. The third-order valence-electron chi connectivity index (χ3n) is 3.73. The van der Waals surface area contributed by atoms with Crippen LogP contribution in [0.1, 0.15) is 24.1 Å². The first kappa shape index (κ1) is 13.7. The molecule has 108 valence electrons. The molecule has 2 aromatic carbocycles. The van der Waals surface area contributed by atoms with E-state index in [1.54, 1.807) is 19.6 Å². The first-order chi connectivity index (χ1) is 10.3. The minimum absolute atomic E-state index is 0.115. The van der Waals surface area contributed by atoms with Crippen LogP contribution in [0.2, 0.25) is 0 Å². The lowest BCUT2D eigenvalue weighted by Gasteiger charge is -2.20. The number of nitrogens with one attached hydrogen (secondary N) is 1. The van der Waals surface area contributed by atoms with Crippen LogP contribution in [0.25, 0.3) is 10.8 Å². The molecule has 0 aliphatic carbocycles. The molecule has 3 heteroatoms. The number of benzene rings is 2. The van der Waals surface area contributed by atoms with E-state index >= 15 is 0 Å². The minimum atomic E-state index is 0.115. The van der Waals surface area contributed by atoms with Gasteiger partial charge in [-0.25, -0.2) is 0 Å². The molecule has 0 fully saturated rings. The van der Waals surface area contributed by atoms with E-state index in [0.29, 0.717) is 0 Å². The molecular formula is C18H19NO2. The molecule has 0 aliphatic rings. The van der Waals surface area contributed by atoms with Crippen LogP contribution < -0.4 is 10.1 Å². The van der Waals surface area contributed by atoms with Crippen molar-refractivity contribution in [2.75, 3.05) is 13.7 Å². The van der Waals surface area contributed by atoms with Gasteiger partial charge >= 0.3 is 0 Å². The predicted molar refractivity (Wildman–Crippen MR) is 84.7 cm³/mol.